The van der Waals surface area contributed by atoms with E-state index < -0.39 is 23.4 Å². The first-order valence-electron chi connectivity index (χ1n) is 10.2. The molecule has 3 atom stereocenters. The zero-order chi connectivity index (χ0) is 22.3. The van der Waals surface area contributed by atoms with Crippen LogP contribution in [0.15, 0.2) is 71.6 Å². The monoisotopic (exact) mass is 437 g/mol. The molecule has 0 saturated carbocycles. The van der Waals surface area contributed by atoms with Crippen LogP contribution in [-0.2, 0) is 0 Å². The molecule has 0 aliphatic carbocycles. The summed E-state index contributed by atoms with van der Waals surface area (Å²) in [6, 6.07) is 20.1. The third-order valence-electron chi connectivity index (χ3n) is 6.49. The van der Waals surface area contributed by atoms with E-state index in [9.17, 15) is 15.3 Å². The maximum atomic E-state index is 13.9. The van der Waals surface area contributed by atoms with Gasteiger partial charge in [0.2, 0.25) is 0 Å². The molecule has 0 unspecified atom stereocenters. The van der Waals surface area contributed by atoms with Gasteiger partial charge in [0, 0.05) is 17.7 Å². The number of carbonyl (C=O) groups excluding carboxylic acids is 1. The smallest absolute Gasteiger partial charge is 0.185 e. The van der Waals surface area contributed by atoms with E-state index in [0.29, 0.717) is 11.3 Å². The summed E-state index contributed by atoms with van der Waals surface area (Å²) in [6.07, 6.45) is 3.82. The molecule has 3 aromatic rings. The number of thiophene rings is 1. The van der Waals surface area contributed by atoms with Crippen molar-refractivity contribution in [3.63, 3.8) is 0 Å². The van der Waals surface area contributed by atoms with E-state index in [0.717, 1.165) is 16.7 Å². The fourth-order valence-electron chi connectivity index (χ4n) is 5.05. The predicted molar refractivity (Wildman–Crippen MR) is 122 cm³/mol. The lowest BCUT2D eigenvalue weighted by atomic mass is 9.68. The molecule has 6 heteroatoms. The van der Waals surface area contributed by atoms with Gasteiger partial charge in [0.25, 0.3) is 0 Å². The van der Waals surface area contributed by atoms with Crippen LogP contribution >= 0.6 is 11.3 Å². The first-order chi connectivity index (χ1) is 15.6. The number of fused-ring (bicyclic) bond motifs is 3. The van der Waals surface area contributed by atoms with Gasteiger partial charge in [-0.1, -0.05) is 24.3 Å². The predicted octanol–water partition coefficient (Wildman–Crippen LogP) is 5.17. The van der Waals surface area contributed by atoms with Crippen molar-refractivity contribution in [1.82, 2.24) is 4.90 Å². The van der Waals surface area contributed by atoms with Gasteiger partial charge in [-0.15, -0.1) is 0 Å². The summed E-state index contributed by atoms with van der Waals surface area (Å²) in [5, 5.41) is 24.7. The zero-order valence-electron chi connectivity index (χ0n) is 17.3. The van der Waals surface area contributed by atoms with E-state index in [1.54, 1.807) is 31.4 Å². The highest BCUT2D eigenvalue weighted by Gasteiger charge is 2.63. The first-order valence-corrected chi connectivity index (χ1v) is 11.2. The van der Waals surface area contributed by atoms with Crippen LogP contribution < -0.4 is 4.74 Å². The molecule has 0 radical (unpaired) electrons. The van der Waals surface area contributed by atoms with E-state index in [4.69, 9.17) is 4.74 Å². The van der Waals surface area contributed by atoms with Crippen LogP contribution in [0.25, 0.3) is 6.08 Å². The summed E-state index contributed by atoms with van der Waals surface area (Å²) in [5.74, 6) is -0.0557. The molecule has 32 heavy (non-hydrogen) atoms. The van der Waals surface area contributed by atoms with Crippen molar-refractivity contribution in [1.29, 1.82) is 10.5 Å². The maximum absolute atomic E-state index is 13.9. The Bertz CT molecular complexity index is 1270. The largest absolute Gasteiger partial charge is 0.497 e. The molecule has 3 heterocycles. The third-order valence-corrected chi connectivity index (χ3v) is 7.19. The quantitative estimate of drug-likeness (QED) is 0.527. The molecule has 0 spiro atoms. The Hall–Kier alpha value is -3.87. The van der Waals surface area contributed by atoms with Crippen molar-refractivity contribution in [2.75, 3.05) is 7.11 Å². The lowest BCUT2D eigenvalue weighted by molar-refractivity contribution is 0.0875. The van der Waals surface area contributed by atoms with Crippen molar-refractivity contribution in [2.24, 2.45) is 5.41 Å². The van der Waals surface area contributed by atoms with Crippen molar-refractivity contribution < 1.29 is 9.53 Å². The SMILES string of the molecule is COc1ccc(C(=O)[C@@H]2[C@H](c3ccsc3)C(C#N)(C#N)[C@@H]3c4ccccc4C=CN23)cc1. The molecule has 0 N–H and O–H groups in total. The number of Topliss-reactive ketones (excluding diaryl/α,β-unsaturated/α-hetero) is 1. The highest BCUT2D eigenvalue weighted by molar-refractivity contribution is 7.08. The molecular weight excluding hydrogens is 418 g/mol. The van der Waals surface area contributed by atoms with Crippen LogP contribution in [-0.4, -0.2) is 23.8 Å². The molecule has 1 saturated heterocycles. The lowest BCUT2D eigenvalue weighted by Crippen LogP contribution is -2.37. The van der Waals surface area contributed by atoms with Gasteiger partial charge >= 0.3 is 0 Å². The summed E-state index contributed by atoms with van der Waals surface area (Å²) in [5.41, 5.74) is 1.79. The van der Waals surface area contributed by atoms with E-state index in [-0.39, 0.29) is 5.78 Å². The highest BCUT2D eigenvalue weighted by Crippen LogP contribution is 2.60. The van der Waals surface area contributed by atoms with E-state index >= 15 is 0 Å². The molecule has 5 nitrogen and oxygen atoms in total. The Kier molecular flexibility index (Phi) is 4.81. The molecular formula is C26H19N3O2S. The van der Waals surface area contributed by atoms with Gasteiger partial charge in [0.15, 0.2) is 11.2 Å². The van der Waals surface area contributed by atoms with Crippen LogP contribution in [0.3, 0.4) is 0 Å². The fourth-order valence-corrected chi connectivity index (χ4v) is 5.74. The average molecular weight is 438 g/mol. The second-order valence-electron chi connectivity index (χ2n) is 7.96. The van der Waals surface area contributed by atoms with Gasteiger partial charge in [-0.05, 0) is 63.9 Å². The number of methoxy groups -OCH3 is 1. The molecule has 0 bridgehead atoms. The fraction of sp³-hybridized carbons (Fsp3) is 0.192. The maximum Gasteiger partial charge on any atom is 0.185 e. The van der Waals surface area contributed by atoms with Gasteiger partial charge in [-0.2, -0.15) is 21.9 Å². The Morgan fingerprint density at radius 2 is 1.84 bits per heavy atom. The summed E-state index contributed by atoms with van der Waals surface area (Å²) >= 11 is 1.50. The summed E-state index contributed by atoms with van der Waals surface area (Å²) in [7, 11) is 1.58. The minimum absolute atomic E-state index is 0.120. The van der Waals surface area contributed by atoms with Crippen LogP contribution in [0.5, 0.6) is 5.75 Å². The second-order valence-corrected chi connectivity index (χ2v) is 8.74. The molecule has 156 valence electrons. The number of benzene rings is 2. The standard InChI is InChI=1S/C26H19N3O2S/c1-31-20-8-6-18(7-9-20)24(30)23-22(19-11-13-32-14-19)26(15-27,16-28)25-21-5-3-2-4-17(21)10-12-29(23)25/h2-14,22-23,25H,1H3/t22-,23-,25-/m0/s1. The van der Waals surface area contributed by atoms with Crippen LogP contribution in [0, 0.1) is 28.1 Å². The number of nitrogens with zero attached hydrogens (tertiary/aromatic N) is 3. The minimum Gasteiger partial charge on any atom is -0.497 e. The van der Waals surface area contributed by atoms with Gasteiger partial charge in [0.1, 0.15) is 11.8 Å². The summed E-state index contributed by atoms with van der Waals surface area (Å²) in [6.45, 7) is 0. The Morgan fingerprint density at radius 3 is 2.50 bits per heavy atom. The minimum atomic E-state index is -1.42. The first kappa shape index (κ1) is 20.1. The Labute approximate surface area is 190 Å². The number of ether oxygens (including phenoxy) is 1. The number of hydrogen-bond donors (Lipinski definition) is 0. The zero-order valence-corrected chi connectivity index (χ0v) is 18.1. The number of rotatable bonds is 4. The van der Waals surface area contributed by atoms with E-state index in [1.165, 1.54) is 11.3 Å². The number of ketones is 1. The van der Waals surface area contributed by atoms with Crippen molar-refractivity contribution in [2.45, 2.75) is 18.0 Å². The van der Waals surface area contributed by atoms with E-state index in [2.05, 4.69) is 12.1 Å². The molecule has 2 aromatic carbocycles. The van der Waals surface area contributed by atoms with Crippen molar-refractivity contribution in [3.8, 4) is 17.9 Å². The van der Waals surface area contributed by atoms with Crippen molar-refractivity contribution >= 4 is 23.2 Å². The highest BCUT2D eigenvalue weighted by atomic mass is 32.1. The average Bonchev–Trinajstić information content (AvgIpc) is 3.48. The summed E-state index contributed by atoms with van der Waals surface area (Å²) < 4.78 is 5.23. The van der Waals surface area contributed by atoms with Crippen molar-refractivity contribution in [3.05, 3.63) is 93.8 Å². The van der Waals surface area contributed by atoms with Crippen LogP contribution in [0.2, 0.25) is 0 Å². The van der Waals surface area contributed by atoms with Crippen LogP contribution in [0.1, 0.15) is 39.0 Å². The van der Waals surface area contributed by atoms with Gasteiger partial charge in [-0.3, -0.25) is 4.79 Å². The molecule has 1 fully saturated rings. The summed E-state index contributed by atoms with van der Waals surface area (Å²) in [4.78, 5) is 15.8. The lowest BCUT2D eigenvalue weighted by Gasteiger charge is -2.34. The van der Waals surface area contributed by atoms with Gasteiger partial charge in [-0.25, -0.2) is 0 Å². The number of carbonyl (C=O) groups is 1. The number of nitriles is 2. The van der Waals surface area contributed by atoms with E-state index in [1.807, 2.05) is 58.3 Å². The molecule has 2 aliphatic rings. The second kappa shape index (κ2) is 7.67. The van der Waals surface area contributed by atoms with Crippen LogP contribution in [0.4, 0.5) is 0 Å². The molecule has 0 amide bonds. The Balaban J connectivity index is 1.72. The Morgan fingerprint density at radius 1 is 1.09 bits per heavy atom. The molecule has 1 aromatic heterocycles. The van der Waals surface area contributed by atoms with Gasteiger partial charge in [0.05, 0.1) is 25.3 Å². The normalized spacial score (nSPS) is 22.3. The topological polar surface area (TPSA) is 77.1 Å². The number of hydrogen-bond acceptors (Lipinski definition) is 6. The third kappa shape index (κ3) is 2.77. The molecule has 5 rings (SSSR count). The van der Waals surface area contributed by atoms with Gasteiger partial charge < -0.3 is 9.64 Å². The molecule has 2 aliphatic heterocycles.